The van der Waals surface area contributed by atoms with E-state index in [1.807, 2.05) is 14.0 Å². The SMILES string of the molecule is COc1ccc(Cl)cc1NC(=O)C[NH+](C)[C@@H](C)C(=O)NC1CC1. The number of carbonyl (C=O) groups excluding carboxylic acids is 2. The first-order valence-corrected chi connectivity index (χ1v) is 8.04. The van der Waals surface area contributed by atoms with Crippen LogP contribution in [0.3, 0.4) is 0 Å². The van der Waals surface area contributed by atoms with Crippen LogP contribution in [0.1, 0.15) is 19.8 Å². The predicted molar refractivity (Wildman–Crippen MR) is 89.0 cm³/mol. The molecule has 126 valence electrons. The van der Waals surface area contributed by atoms with Gasteiger partial charge in [-0.25, -0.2) is 0 Å². The van der Waals surface area contributed by atoms with E-state index >= 15 is 0 Å². The molecule has 0 saturated heterocycles. The summed E-state index contributed by atoms with van der Waals surface area (Å²) in [6.45, 7) is 2.00. The van der Waals surface area contributed by atoms with Gasteiger partial charge in [0.1, 0.15) is 5.75 Å². The summed E-state index contributed by atoms with van der Waals surface area (Å²) in [6, 6.07) is 5.05. The lowest BCUT2D eigenvalue weighted by molar-refractivity contribution is -0.885. The molecule has 0 bridgehead atoms. The van der Waals surface area contributed by atoms with Crippen LogP contribution >= 0.6 is 11.6 Å². The highest BCUT2D eigenvalue weighted by Gasteiger charge is 2.30. The summed E-state index contributed by atoms with van der Waals surface area (Å²) in [6.07, 6.45) is 2.10. The van der Waals surface area contributed by atoms with E-state index in [1.165, 1.54) is 7.11 Å². The lowest BCUT2D eigenvalue weighted by atomic mass is 10.2. The van der Waals surface area contributed by atoms with Crippen LogP contribution in [0.5, 0.6) is 5.75 Å². The van der Waals surface area contributed by atoms with Crippen molar-refractivity contribution in [3.8, 4) is 5.75 Å². The number of nitrogens with one attached hydrogen (secondary N) is 3. The van der Waals surface area contributed by atoms with Gasteiger partial charge in [-0.15, -0.1) is 0 Å². The van der Waals surface area contributed by atoms with Crippen molar-refractivity contribution in [3.63, 3.8) is 0 Å². The molecule has 1 aliphatic rings. The summed E-state index contributed by atoms with van der Waals surface area (Å²) in [5, 5.41) is 6.25. The molecule has 7 heteroatoms. The van der Waals surface area contributed by atoms with Gasteiger partial charge in [0.15, 0.2) is 12.6 Å². The molecule has 1 saturated carbocycles. The van der Waals surface area contributed by atoms with Crippen LogP contribution in [-0.4, -0.2) is 44.6 Å². The Morgan fingerprint density at radius 2 is 2.13 bits per heavy atom. The quantitative estimate of drug-likeness (QED) is 0.675. The van der Waals surface area contributed by atoms with E-state index in [2.05, 4.69) is 10.6 Å². The van der Waals surface area contributed by atoms with Crippen molar-refractivity contribution in [3.05, 3.63) is 23.2 Å². The first kappa shape index (κ1) is 17.6. The maximum atomic E-state index is 12.2. The Bertz CT molecular complexity index is 590. The zero-order valence-electron chi connectivity index (χ0n) is 13.6. The van der Waals surface area contributed by atoms with Crippen LogP contribution < -0.4 is 20.3 Å². The zero-order chi connectivity index (χ0) is 17.0. The third-order valence-electron chi connectivity index (χ3n) is 3.93. The average molecular weight is 341 g/mol. The van der Waals surface area contributed by atoms with Gasteiger partial charge in [-0.3, -0.25) is 9.59 Å². The van der Waals surface area contributed by atoms with E-state index in [-0.39, 0.29) is 24.4 Å². The number of anilines is 1. The monoisotopic (exact) mass is 340 g/mol. The highest BCUT2D eigenvalue weighted by Crippen LogP contribution is 2.27. The number of halogens is 1. The normalized spacial score (nSPS) is 16.3. The fourth-order valence-corrected chi connectivity index (χ4v) is 2.33. The smallest absolute Gasteiger partial charge is 0.279 e. The average Bonchev–Trinajstić information content (AvgIpc) is 3.30. The second kappa shape index (κ2) is 7.66. The van der Waals surface area contributed by atoms with Gasteiger partial charge in [0.25, 0.3) is 11.8 Å². The lowest BCUT2D eigenvalue weighted by Gasteiger charge is -2.20. The number of rotatable bonds is 7. The van der Waals surface area contributed by atoms with Crippen LogP contribution in [0.15, 0.2) is 18.2 Å². The molecular weight excluding hydrogens is 318 g/mol. The van der Waals surface area contributed by atoms with Crippen molar-refractivity contribution >= 4 is 29.1 Å². The van der Waals surface area contributed by atoms with Gasteiger partial charge in [-0.2, -0.15) is 0 Å². The van der Waals surface area contributed by atoms with Crippen molar-refractivity contribution in [2.24, 2.45) is 0 Å². The largest absolute Gasteiger partial charge is 0.495 e. The van der Waals surface area contributed by atoms with E-state index < -0.39 is 0 Å². The number of ether oxygens (including phenoxy) is 1. The molecule has 0 aromatic heterocycles. The Labute approximate surface area is 141 Å². The minimum Gasteiger partial charge on any atom is -0.495 e. The number of carbonyl (C=O) groups is 2. The maximum Gasteiger partial charge on any atom is 0.279 e. The van der Waals surface area contributed by atoms with Crippen molar-refractivity contribution < 1.29 is 19.2 Å². The fourth-order valence-electron chi connectivity index (χ4n) is 2.16. The Hall–Kier alpha value is -1.79. The molecule has 23 heavy (non-hydrogen) atoms. The van der Waals surface area contributed by atoms with E-state index in [0.29, 0.717) is 22.5 Å². The third kappa shape index (κ3) is 5.11. The number of hydrogen-bond donors (Lipinski definition) is 3. The molecule has 0 aliphatic heterocycles. The maximum absolute atomic E-state index is 12.2. The van der Waals surface area contributed by atoms with Crippen LogP contribution in [-0.2, 0) is 9.59 Å². The van der Waals surface area contributed by atoms with Gasteiger partial charge in [0.05, 0.1) is 19.8 Å². The van der Waals surface area contributed by atoms with E-state index in [9.17, 15) is 9.59 Å². The number of likely N-dealkylation sites (N-methyl/N-ethyl adjacent to an activating group) is 1. The van der Waals surface area contributed by atoms with Crippen LogP contribution in [0.25, 0.3) is 0 Å². The molecule has 0 radical (unpaired) electrons. The topological polar surface area (TPSA) is 71.9 Å². The number of quaternary nitrogens is 1. The molecule has 2 atom stereocenters. The Morgan fingerprint density at radius 1 is 1.43 bits per heavy atom. The number of benzene rings is 1. The minimum absolute atomic E-state index is 0.0156. The number of amides is 2. The molecule has 1 aliphatic carbocycles. The molecule has 6 nitrogen and oxygen atoms in total. The Morgan fingerprint density at radius 3 is 2.74 bits per heavy atom. The highest BCUT2D eigenvalue weighted by atomic mass is 35.5. The lowest BCUT2D eigenvalue weighted by Crippen LogP contribution is -3.15. The molecule has 2 amide bonds. The summed E-state index contributed by atoms with van der Waals surface area (Å²) >= 11 is 5.94. The van der Waals surface area contributed by atoms with Crippen LogP contribution in [0.2, 0.25) is 5.02 Å². The summed E-state index contributed by atoms with van der Waals surface area (Å²) in [4.78, 5) is 25.0. The molecule has 1 fully saturated rings. The second-order valence-corrected chi connectivity index (χ2v) is 6.36. The standard InChI is InChI=1S/C16H22ClN3O3/c1-10(16(22)18-12-5-6-12)20(2)9-15(21)19-13-8-11(17)4-7-14(13)23-3/h4,7-8,10,12H,5-6,9H2,1-3H3,(H,18,22)(H,19,21)/p+1/t10-/m0/s1. The first-order valence-electron chi connectivity index (χ1n) is 7.66. The van der Waals surface area contributed by atoms with Gasteiger partial charge in [0.2, 0.25) is 0 Å². The Kier molecular flexibility index (Phi) is 5.85. The third-order valence-corrected chi connectivity index (χ3v) is 4.17. The van der Waals surface area contributed by atoms with E-state index in [4.69, 9.17) is 16.3 Å². The number of hydrogen-bond acceptors (Lipinski definition) is 3. The van der Waals surface area contributed by atoms with Gasteiger partial charge >= 0.3 is 0 Å². The second-order valence-electron chi connectivity index (χ2n) is 5.92. The summed E-state index contributed by atoms with van der Waals surface area (Å²) in [5.41, 5.74) is 0.521. The summed E-state index contributed by atoms with van der Waals surface area (Å²) in [5.74, 6) is 0.326. The van der Waals surface area contributed by atoms with E-state index in [1.54, 1.807) is 18.2 Å². The molecule has 1 aromatic rings. The molecule has 0 heterocycles. The molecular formula is C16H23ClN3O3+. The van der Waals surface area contributed by atoms with Crippen molar-refractivity contribution in [1.29, 1.82) is 0 Å². The number of methoxy groups -OCH3 is 1. The zero-order valence-corrected chi connectivity index (χ0v) is 14.4. The van der Waals surface area contributed by atoms with Gasteiger partial charge < -0.3 is 20.3 Å². The molecule has 3 N–H and O–H groups in total. The molecule has 2 rings (SSSR count). The molecule has 0 spiro atoms. The first-order chi connectivity index (χ1) is 10.9. The Balaban J connectivity index is 1.90. The van der Waals surface area contributed by atoms with Crippen LogP contribution in [0.4, 0.5) is 5.69 Å². The van der Waals surface area contributed by atoms with Gasteiger partial charge in [-0.05, 0) is 38.0 Å². The minimum atomic E-state index is -0.289. The summed E-state index contributed by atoms with van der Waals surface area (Å²) < 4.78 is 5.20. The molecule has 1 aromatic carbocycles. The van der Waals surface area contributed by atoms with Crippen molar-refractivity contribution in [2.75, 3.05) is 26.0 Å². The van der Waals surface area contributed by atoms with Gasteiger partial charge in [-0.1, -0.05) is 11.6 Å². The van der Waals surface area contributed by atoms with Gasteiger partial charge in [0, 0.05) is 11.1 Å². The van der Waals surface area contributed by atoms with Crippen molar-refractivity contribution in [2.45, 2.75) is 31.8 Å². The summed E-state index contributed by atoms with van der Waals surface area (Å²) in [7, 11) is 3.35. The van der Waals surface area contributed by atoms with Crippen LogP contribution in [0, 0.1) is 0 Å². The molecule has 1 unspecified atom stereocenters. The fraction of sp³-hybridized carbons (Fsp3) is 0.500. The van der Waals surface area contributed by atoms with E-state index in [0.717, 1.165) is 17.7 Å². The predicted octanol–water partition coefficient (Wildman–Crippen LogP) is 0.469. The van der Waals surface area contributed by atoms with Crippen molar-refractivity contribution in [1.82, 2.24) is 5.32 Å². The highest BCUT2D eigenvalue weighted by molar-refractivity contribution is 6.31.